The van der Waals surface area contributed by atoms with Gasteiger partial charge in [0.05, 0.1) is 0 Å². The Kier molecular flexibility index (Phi) is 7.29. The second-order valence-corrected chi connectivity index (χ2v) is 5.24. The molecule has 0 aromatic heterocycles. The summed E-state index contributed by atoms with van der Waals surface area (Å²) in [6, 6.07) is 7.94. The lowest BCUT2D eigenvalue weighted by molar-refractivity contribution is -0.139. The number of amides is 2. The molecule has 2 atom stereocenters. The number of carboxylic acids is 1. The minimum atomic E-state index is -1.03. The summed E-state index contributed by atoms with van der Waals surface area (Å²) in [5, 5.41) is 14.5. The van der Waals surface area contributed by atoms with E-state index in [1.54, 1.807) is 0 Å². The molecule has 0 saturated heterocycles. The Labute approximate surface area is 125 Å². The maximum absolute atomic E-state index is 11.8. The van der Waals surface area contributed by atoms with Gasteiger partial charge in [0.1, 0.15) is 6.04 Å². The molecule has 5 heteroatoms. The average Bonchev–Trinajstić information content (AvgIpc) is 2.45. The van der Waals surface area contributed by atoms with Crippen molar-refractivity contribution in [3.8, 4) is 0 Å². The van der Waals surface area contributed by atoms with Gasteiger partial charge in [-0.2, -0.15) is 0 Å². The van der Waals surface area contributed by atoms with Crippen molar-refractivity contribution in [1.29, 1.82) is 0 Å². The number of carboxylic acid groups (broad SMARTS) is 1. The molecule has 0 bridgehead atoms. The molecule has 0 aliphatic carbocycles. The predicted octanol–water partition coefficient (Wildman–Crippen LogP) is 2.56. The van der Waals surface area contributed by atoms with E-state index in [4.69, 9.17) is 0 Å². The third kappa shape index (κ3) is 6.79. The fourth-order valence-electron chi connectivity index (χ4n) is 2.06. The third-order valence-corrected chi connectivity index (χ3v) is 3.25. The van der Waals surface area contributed by atoms with Gasteiger partial charge in [0.25, 0.3) is 0 Å². The molecule has 2 amide bonds. The molecule has 0 saturated carbocycles. The minimum absolute atomic E-state index is 0.0381. The second kappa shape index (κ2) is 9.00. The number of hydrogen-bond donors (Lipinski definition) is 3. The third-order valence-electron chi connectivity index (χ3n) is 3.25. The summed E-state index contributed by atoms with van der Waals surface area (Å²) in [6.45, 7) is 4.01. The van der Waals surface area contributed by atoms with Gasteiger partial charge in [-0.3, -0.25) is 0 Å². The summed E-state index contributed by atoms with van der Waals surface area (Å²) in [6.07, 6.45) is 3.26. The Morgan fingerprint density at radius 3 is 2.43 bits per heavy atom. The maximum Gasteiger partial charge on any atom is 0.326 e. The standard InChI is InChI=1S/C16H24N2O3/c1-3-4-8-12(2)17-16(21)18-14(15(19)20)11-13-9-6-5-7-10-13/h5-7,9-10,12,14H,3-4,8,11H2,1-2H3,(H,19,20)(H2,17,18,21)/t12?,14-/m0/s1. The normalized spacial score (nSPS) is 13.2. The van der Waals surface area contributed by atoms with E-state index in [-0.39, 0.29) is 12.5 Å². The molecule has 0 fully saturated rings. The molecule has 1 aromatic rings. The molecule has 1 aromatic carbocycles. The smallest absolute Gasteiger partial charge is 0.326 e. The van der Waals surface area contributed by atoms with Crippen LogP contribution in [0.2, 0.25) is 0 Å². The molecule has 1 rings (SSSR count). The number of rotatable bonds is 8. The molecule has 21 heavy (non-hydrogen) atoms. The van der Waals surface area contributed by atoms with Crippen LogP contribution in [0.1, 0.15) is 38.7 Å². The van der Waals surface area contributed by atoms with Crippen LogP contribution in [0, 0.1) is 0 Å². The van der Waals surface area contributed by atoms with Crippen LogP contribution in [0.3, 0.4) is 0 Å². The Morgan fingerprint density at radius 1 is 1.19 bits per heavy atom. The van der Waals surface area contributed by atoms with Gasteiger partial charge in [-0.05, 0) is 18.9 Å². The second-order valence-electron chi connectivity index (χ2n) is 5.24. The summed E-state index contributed by atoms with van der Waals surface area (Å²) in [4.78, 5) is 23.1. The number of aliphatic carboxylic acids is 1. The Morgan fingerprint density at radius 2 is 1.86 bits per heavy atom. The summed E-state index contributed by atoms with van der Waals surface area (Å²) >= 11 is 0. The maximum atomic E-state index is 11.8. The fourth-order valence-corrected chi connectivity index (χ4v) is 2.06. The monoisotopic (exact) mass is 292 g/mol. The van der Waals surface area contributed by atoms with Gasteiger partial charge in [0.2, 0.25) is 0 Å². The van der Waals surface area contributed by atoms with Crippen LogP contribution >= 0.6 is 0 Å². The van der Waals surface area contributed by atoms with Crippen LogP contribution in [0.5, 0.6) is 0 Å². The van der Waals surface area contributed by atoms with Gasteiger partial charge >= 0.3 is 12.0 Å². The highest BCUT2D eigenvalue weighted by Crippen LogP contribution is 2.04. The van der Waals surface area contributed by atoms with Crippen LogP contribution in [0.15, 0.2) is 30.3 Å². The van der Waals surface area contributed by atoms with E-state index < -0.39 is 18.0 Å². The van der Waals surface area contributed by atoms with E-state index in [0.29, 0.717) is 0 Å². The van der Waals surface area contributed by atoms with Crippen molar-refractivity contribution in [2.45, 2.75) is 51.6 Å². The van der Waals surface area contributed by atoms with Gasteiger partial charge < -0.3 is 15.7 Å². The zero-order valence-corrected chi connectivity index (χ0v) is 12.6. The molecule has 0 aliphatic rings. The van der Waals surface area contributed by atoms with Crippen molar-refractivity contribution < 1.29 is 14.7 Å². The number of carbonyl (C=O) groups is 2. The van der Waals surface area contributed by atoms with Crippen molar-refractivity contribution >= 4 is 12.0 Å². The van der Waals surface area contributed by atoms with Crippen molar-refractivity contribution in [2.24, 2.45) is 0 Å². The number of carbonyl (C=O) groups excluding carboxylic acids is 1. The lowest BCUT2D eigenvalue weighted by Gasteiger charge is -2.18. The predicted molar refractivity (Wildman–Crippen MR) is 82.2 cm³/mol. The number of nitrogens with one attached hydrogen (secondary N) is 2. The van der Waals surface area contributed by atoms with Gasteiger partial charge in [-0.1, -0.05) is 50.1 Å². The lowest BCUT2D eigenvalue weighted by atomic mass is 10.1. The van der Waals surface area contributed by atoms with E-state index in [1.165, 1.54) is 0 Å². The van der Waals surface area contributed by atoms with Crippen LogP contribution in [0.4, 0.5) is 4.79 Å². The molecular formula is C16H24N2O3. The lowest BCUT2D eigenvalue weighted by Crippen LogP contribution is -2.49. The summed E-state index contributed by atoms with van der Waals surface area (Å²) < 4.78 is 0. The molecule has 1 unspecified atom stereocenters. The molecule has 3 N–H and O–H groups in total. The van der Waals surface area contributed by atoms with Crippen molar-refractivity contribution in [1.82, 2.24) is 10.6 Å². The fraction of sp³-hybridized carbons (Fsp3) is 0.500. The zero-order valence-electron chi connectivity index (χ0n) is 12.6. The molecule has 5 nitrogen and oxygen atoms in total. The largest absolute Gasteiger partial charge is 0.480 e. The SMILES string of the molecule is CCCCC(C)NC(=O)N[C@@H](Cc1ccccc1)C(=O)O. The number of urea groups is 1. The topological polar surface area (TPSA) is 78.4 Å². The molecule has 0 radical (unpaired) electrons. The summed E-state index contributed by atoms with van der Waals surface area (Å²) in [5.74, 6) is -1.03. The molecule has 0 heterocycles. The molecule has 116 valence electrons. The number of hydrogen-bond acceptors (Lipinski definition) is 2. The average molecular weight is 292 g/mol. The molecular weight excluding hydrogens is 268 g/mol. The number of unbranched alkanes of at least 4 members (excludes halogenated alkanes) is 1. The van der Waals surface area contributed by atoms with E-state index in [0.717, 1.165) is 24.8 Å². The number of benzene rings is 1. The van der Waals surface area contributed by atoms with Gasteiger partial charge in [0, 0.05) is 12.5 Å². The van der Waals surface area contributed by atoms with E-state index in [1.807, 2.05) is 37.3 Å². The highest BCUT2D eigenvalue weighted by atomic mass is 16.4. The molecule has 0 spiro atoms. The van der Waals surface area contributed by atoms with Crippen LogP contribution in [0.25, 0.3) is 0 Å². The van der Waals surface area contributed by atoms with E-state index >= 15 is 0 Å². The van der Waals surface area contributed by atoms with Crippen LogP contribution < -0.4 is 10.6 Å². The zero-order chi connectivity index (χ0) is 15.7. The van der Waals surface area contributed by atoms with Crippen LogP contribution in [-0.2, 0) is 11.2 Å². The van der Waals surface area contributed by atoms with E-state index in [9.17, 15) is 14.7 Å². The Hall–Kier alpha value is -2.04. The van der Waals surface area contributed by atoms with Gasteiger partial charge in [0.15, 0.2) is 0 Å². The highest BCUT2D eigenvalue weighted by molar-refractivity contribution is 5.82. The Bertz CT molecular complexity index is 448. The first-order chi connectivity index (χ1) is 10.0. The van der Waals surface area contributed by atoms with Crippen molar-refractivity contribution in [3.63, 3.8) is 0 Å². The van der Waals surface area contributed by atoms with E-state index in [2.05, 4.69) is 17.6 Å². The molecule has 0 aliphatic heterocycles. The first-order valence-electron chi connectivity index (χ1n) is 7.36. The Balaban J connectivity index is 2.50. The summed E-state index contributed by atoms with van der Waals surface area (Å²) in [7, 11) is 0. The van der Waals surface area contributed by atoms with Crippen LogP contribution in [-0.4, -0.2) is 29.2 Å². The van der Waals surface area contributed by atoms with Gasteiger partial charge in [-0.15, -0.1) is 0 Å². The highest BCUT2D eigenvalue weighted by Gasteiger charge is 2.20. The first-order valence-corrected chi connectivity index (χ1v) is 7.36. The summed E-state index contributed by atoms with van der Waals surface area (Å²) in [5.41, 5.74) is 0.879. The first kappa shape index (κ1) is 17.0. The van der Waals surface area contributed by atoms with Crippen molar-refractivity contribution in [3.05, 3.63) is 35.9 Å². The quantitative estimate of drug-likeness (QED) is 0.689. The minimum Gasteiger partial charge on any atom is -0.480 e. The van der Waals surface area contributed by atoms with Crippen molar-refractivity contribution in [2.75, 3.05) is 0 Å². The van der Waals surface area contributed by atoms with Gasteiger partial charge in [-0.25, -0.2) is 9.59 Å².